The Bertz CT molecular complexity index is 630. The molecule has 0 aliphatic heterocycles. The van der Waals surface area contributed by atoms with Crippen molar-refractivity contribution in [3.05, 3.63) is 52.9 Å². The normalized spacial score (nSPS) is 10.3. The van der Waals surface area contributed by atoms with Gasteiger partial charge in [0.1, 0.15) is 11.7 Å². The molecule has 19 heavy (non-hydrogen) atoms. The summed E-state index contributed by atoms with van der Waals surface area (Å²) in [5.41, 5.74) is 6.15. The zero-order valence-corrected chi connectivity index (χ0v) is 10.9. The Morgan fingerprint density at radius 1 is 1.37 bits per heavy atom. The van der Waals surface area contributed by atoms with E-state index in [1.165, 1.54) is 17.2 Å². The first kappa shape index (κ1) is 13.3. The van der Waals surface area contributed by atoms with Crippen molar-refractivity contribution in [3.8, 4) is 0 Å². The first-order valence-corrected chi connectivity index (χ1v) is 5.87. The van der Waals surface area contributed by atoms with Crippen molar-refractivity contribution >= 4 is 28.9 Å². The van der Waals surface area contributed by atoms with Gasteiger partial charge in [-0.05, 0) is 18.2 Å². The number of pyridine rings is 1. The van der Waals surface area contributed by atoms with Gasteiger partial charge in [0.25, 0.3) is 0 Å². The largest absolute Gasteiger partial charge is 0.384 e. The lowest BCUT2D eigenvalue weighted by molar-refractivity contribution is 0.627. The molecule has 0 atom stereocenters. The number of amidine groups is 1. The van der Waals surface area contributed by atoms with Gasteiger partial charge in [-0.1, -0.05) is 23.7 Å². The lowest BCUT2D eigenvalue weighted by Gasteiger charge is -2.20. The van der Waals surface area contributed by atoms with Crippen molar-refractivity contribution < 1.29 is 4.39 Å². The minimum absolute atomic E-state index is 0.157. The fourth-order valence-corrected chi connectivity index (χ4v) is 2.05. The molecule has 0 amide bonds. The quantitative estimate of drug-likeness (QED) is 0.670. The first-order valence-electron chi connectivity index (χ1n) is 5.49. The number of aromatic nitrogens is 1. The summed E-state index contributed by atoms with van der Waals surface area (Å²) in [5.74, 6) is -0.189. The Labute approximate surface area is 115 Å². The molecule has 0 fully saturated rings. The molecule has 1 aromatic carbocycles. The Morgan fingerprint density at radius 3 is 2.68 bits per heavy atom. The lowest BCUT2D eigenvalue weighted by atomic mass is 10.2. The number of rotatable bonds is 3. The number of nitrogens with two attached hydrogens (primary N) is 1. The second-order valence-corrected chi connectivity index (χ2v) is 4.30. The summed E-state index contributed by atoms with van der Waals surface area (Å²) < 4.78 is 13.7. The number of hydrogen-bond acceptors (Lipinski definition) is 3. The van der Waals surface area contributed by atoms with Crippen LogP contribution in [0.3, 0.4) is 0 Å². The zero-order chi connectivity index (χ0) is 14.0. The molecule has 1 aromatic heterocycles. The zero-order valence-electron chi connectivity index (χ0n) is 10.2. The average Bonchev–Trinajstić information content (AvgIpc) is 2.38. The summed E-state index contributed by atoms with van der Waals surface area (Å²) in [4.78, 5) is 5.63. The van der Waals surface area contributed by atoms with Crippen LogP contribution in [0.2, 0.25) is 5.02 Å². The van der Waals surface area contributed by atoms with E-state index in [1.54, 1.807) is 31.3 Å². The van der Waals surface area contributed by atoms with Crippen LogP contribution in [0, 0.1) is 11.2 Å². The molecule has 2 rings (SSSR count). The highest BCUT2D eigenvalue weighted by atomic mass is 35.5. The van der Waals surface area contributed by atoms with Crippen LogP contribution in [0.4, 0.5) is 15.9 Å². The summed E-state index contributed by atoms with van der Waals surface area (Å²) in [6, 6.07) is 7.84. The number of para-hydroxylation sites is 1. The van der Waals surface area contributed by atoms with Crippen molar-refractivity contribution in [2.75, 3.05) is 11.9 Å². The maximum Gasteiger partial charge on any atom is 0.152 e. The van der Waals surface area contributed by atoms with Crippen LogP contribution >= 0.6 is 11.6 Å². The molecule has 3 N–H and O–H groups in total. The topological polar surface area (TPSA) is 66.0 Å². The molecular weight excluding hydrogens is 267 g/mol. The van der Waals surface area contributed by atoms with Crippen LogP contribution in [0.15, 0.2) is 36.5 Å². The predicted molar refractivity (Wildman–Crippen MR) is 74.7 cm³/mol. The standard InChI is InChI=1S/C13H12ClFN4/c1-19(10-5-3-2-4-9(10)15)13-11(14)8(12(16)17)6-7-18-13/h2-7H,1H3,(H3,16,17). The molecule has 0 unspecified atom stereocenters. The number of nitrogens with one attached hydrogen (secondary N) is 1. The molecule has 4 nitrogen and oxygen atoms in total. The van der Waals surface area contributed by atoms with Gasteiger partial charge in [0.05, 0.1) is 10.7 Å². The number of hydrogen-bond donors (Lipinski definition) is 2. The number of anilines is 2. The molecule has 0 aliphatic rings. The van der Waals surface area contributed by atoms with Crippen molar-refractivity contribution in [1.29, 1.82) is 5.41 Å². The summed E-state index contributed by atoms with van der Waals surface area (Å²) in [7, 11) is 1.65. The molecule has 0 saturated heterocycles. The van der Waals surface area contributed by atoms with Gasteiger partial charge in [-0.2, -0.15) is 0 Å². The molecule has 0 saturated carbocycles. The lowest BCUT2D eigenvalue weighted by Crippen LogP contribution is -2.17. The van der Waals surface area contributed by atoms with Gasteiger partial charge in [0.2, 0.25) is 0 Å². The van der Waals surface area contributed by atoms with Crippen molar-refractivity contribution in [3.63, 3.8) is 0 Å². The molecule has 2 aromatic rings. The van der Waals surface area contributed by atoms with Gasteiger partial charge in [-0.3, -0.25) is 5.41 Å². The molecule has 0 aliphatic carbocycles. The van der Waals surface area contributed by atoms with Crippen LogP contribution in [0.5, 0.6) is 0 Å². The number of benzene rings is 1. The highest BCUT2D eigenvalue weighted by molar-refractivity contribution is 6.36. The third kappa shape index (κ3) is 2.51. The van der Waals surface area contributed by atoms with Crippen molar-refractivity contribution in [2.45, 2.75) is 0 Å². The fourth-order valence-electron chi connectivity index (χ4n) is 1.71. The van der Waals surface area contributed by atoms with E-state index in [1.807, 2.05) is 0 Å². The van der Waals surface area contributed by atoms with E-state index in [2.05, 4.69) is 4.98 Å². The van der Waals surface area contributed by atoms with Gasteiger partial charge in [-0.25, -0.2) is 9.37 Å². The van der Waals surface area contributed by atoms with Crippen LogP contribution in [0.1, 0.15) is 5.56 Å². The van der Waals surface area contributed by atoms with Crippen LogP contribution in [-0.2, 0) is 0 Å². The number of halogens is 2. The number of nitrogens with zero attached hydrogens (tertiary/aromatic N) is 2. The second kappa shape index (κ2) is 5.24. The van der Waals surface area contributed by atoms with Gasteiger partial charge < -0.3 is 10.6 Å². The summed E-state index contributed by atoms with van der Waals surface area (Å²) in [5, 5.41) is 7.66. The monoisotopic (exact) mass is 278 g/mol. The Balaban J connectivity index is 2.51. The van der Waals surface area contributed by atoms with Gasteiger partial charge in [-0.15, -0.1) is 0 Å². The summed E-state index contributed by atoms with van der Waals surface area (Å²) >= 11 is 6.15. The molecule has 98 valence electrons. The third-order valence-electron chi connectivity index (χ3n) is 2.69. The van der Waals surface area contributed by atoms with Crippen LogP contribution < -0.4 is 10.6 Å². The average molecular weight is 279 g/mol. The SMILES string of the molecule is CN(c1ccccc1F)c1nccc(C(=N)N)c1Cl. The van der Waals surface area contributed by atoms with Gasteiger partial charge >= 0.3 is 0 Å². The molecular formula is C13H12ClFN4. The number of nitrogen functional groups attached to an aromatic ring is 1. The first-order chi connectivity index (χ1) is 9.02. The van der Waals surface area contributed by atoms with E-state index in [0.717, 1.165) is 0 Å². The summed E-state index contributed by atoms with van der Waals surface area (Å²) in [6.45, 7) is 0. The third-order valence-corrected chi connectivity index (χ3v) is 3.07. The highest BCUT2D eigenvalue weighted by Gasteiger charge is 2.16. The Kier molecular flexibility index (Phi) is 3.66. The summed E-state index contributed by atoms with van der Waals surface area (Å²) in [6.07, 6.45) is 1.48. The van der Waals surface area contributed by atoms with E-state index >= 15 is 0 Å². The van der Waals surface area contributed by atoms with Crippen LogP contribution in [-0.4, -0.2) is 17.9 Å². The fraction of sp³-hybridized carbons (Fsp3) is 0.0769. The Hall–Kier alpha value is -2.14. The molecule has 1 heterocycles. The molecule has 0 spiro atoms. The predicted octanol–water partition coefficient (Wildman–Crippen LogP) is 2.93. The van der Waals surface area contributed by atoms with E-state index in [-0.39, 0.29) is 16.7 Å². The van der Waals surface area contributed by atoms with Crippen molar-refractivity contribution in [2.24, 2.45) is 5.73 Å². The van der Waals surface area contributed by atoms with Crippen LogP contribution in [0.25, 0.3) is 0 Å². The van der Waals surface area contributed by atoms with Gasteiger partial charge in [0, 0.05) is 18.8 Å². The highest BCUT2D eigenvalue weighted by Crippen LogP contribution is 2.31. The second-order valence-electron chi connectivity index (χ2n) is 3.92. The smallest absolute Gasteiger partial charge is 0.152 e. The van der Waals surface area contributed by atoms with E-state index in [4.69, 9.17) is 22.7 Å². The minimum Gasteiger partial charge on any atom is -0.384 e. The maximum atomic E-state index is 13.7. The minimum atomic E-state index is -0.379. The van der Waals surface area contributed by atoms with Crippen molar-refractivity contribution in [1.82, 2.24) is 4.98 Å². The Morgan fingerprint density at radius 2 is 2.05 bits per heavy atom. The molecule has 6 heteroatoms. The maximum absolute atomic E-state index is 13.7. The van der Waals surface area contributed by atoms with E-state index < -0.39 is 0 Å². The van der Waals surface area contributed by atoms with E-state index in [0.29, 0.717) is 17.1 Å². The molecule has 0 radical (unpaired) electrons. The van der Waals surface area contributed by atoms with E-state index in [9.17, 15) is 4.39 Å². The molecule has 0 bridgehead atoms. The van der Waals surface area contributed by atoms with Gasteiger partial charge in [0.15, 0.2) is 5.82 Å².